The summed E-state index contributed by atoms with van der Waals surface area (Å²) in [5.41, 5.74) is 5.42. The number of hydrogen-bond acceptors (Lipinski definition) is 3. The topological polar surface area (TPSA) is 63.6 Å². The quantitative estimate of drug-likeness (QED) is 0.532. The summed E-state index contributed by atoms with van der Waals surface area (Å²) in [5.74, 6) is -0.0936. The van der Waals surface area contributed by atoms with Crippen LogP contribution in [0.25, 0.3) is 11.8 Å². The number of carbonyl (C=O) groups is 1. The van der Waals surface area contributed by atoms with Crippen molar-refractivity contribution in [2.24, 2.45) is 7.05 Å². The van der Waals surface area contributed by atoms with Crippen molar-refractivity contribution in [3.8, 4) is 11.8 Å². The SMILES string of the molecule is Cc1nn(-c2ccccc2)c(C)c1C(=O)C=Cc1cc(C#N)n(C)c1C. The van der Waals surface area contributed by atoms with Gasteiger partial charge < -0.3 is 4.57 Å². The molecule has 130 valence electrons. The molecule has 0 spiro atoms. The van der Waals surface area contributed by atoms with Crippen molar-refractivity contribution in [2.75, 3.05) is 0 Å². The molecule has 1 aromatic carbocycles. The highest BCUT2D eigenvalue weighted by Crippen LogP contribution is 2.20. The van der Waals surface area contributed by atoms with Crippen LogP contribution in [0.1, 0.15) is 38.7 Å². The summed E-state index contributed by atoms with van der Waals surface area (Å²) < 4.78 is 3.60. The smallest absolute Gasteiger partial charge is 0.189 e. The Bertz CT molecular complexity index is 1050. The van der Waals surface area contributed by atoms with Crippen molar-refractivity contribution in [1.29, 1.82) is 5.26 Å². The number of allylic oxidation sites excluding steroid dienone is 1. The average molecular weight is 344 g/mol. The number of carbonyl (C=O) groups excluding carboxylic acids is 1. The maximum absolute atomic E-state index is 12.8. The highest BCUT2D eigenvalue weighted by molar-refractivity contribution is 6.08. The first-order valence-corrected chi connectivity index (χ1v) is 8.34. The molecule has 2 aromatic heterocycles. The predicted octanol–water partition coefficient (Wildman–Crippen LogP) is 3.90. The van der Waals surface area contributed by atoms with E-state index in [0.717, 1.165) is 22.6 Å². The summed E-state index contributed by atoms with van der Waals surface area (Å²) in [5, 5.41) is 13.6. The summed E-state index contributed by atoms with van der Waals surface area (Å²) >= 11 is 0. The minimum absolute atomic E-state index is 0.0936. The van der Waals surface area contributed by atoms with E-state index in [1.807, 2.05) is 62.7 Å². The van der Waals surface area contributed by atoms with E-state index in [-0.39, 0.29) is 5.78 Å². The molecule has 0 radical (unpaired) electrons. The molecule has 0 aliphatic carbocycles. The van der Waals surface area contributed by atoms with Gasteiger partial charge in [0.15, 0.2) is 5.78 Å². The normalized spacial score (nSPS) is 11.0. The third-order valence-corrected chi connectivity index (χ3v) is 4.64. The molecule has 0 saturated carbocycles. The Kier molecular flexibility index (Phi) is 4.59. The zero-order valence-electron chi connectivity index (χ0n) is 15.3. The molecule has 26 heavy (non-hydrogen) atoms. The highest BCUT2D eigenvalue weighted by Gasteiger charge is 2.17. The highest BCUT2D eigenvalue weighted by atomic mass is 16.1. The number of aryl methyl sites for hydroxylation is 1. The third kappa shape index (κ3) is 2.98. The lowest BCUT2D eigenvalue weighted by Crippen LogP contribution is -2.01. The van der Waals surface area contributed by atoms with Gasteiger partial charge in [-0.25, -0.2) is 4.68 Å². The van der Waals surface area contributed by atoms with E-state index in [1.165, 1.54) is 0 Å². The molecule has 0 atom stereocenters. The summed E-state index contributed by atoms with van der Waals surface area (Å²) in [4.78, 5) is 12.8. The van der Waals surface area contributed by atoms with Gasteiger partial charge in [0.1, 0.15) is 11.8 Å². The number of hydrogen-bond donors (Lipinski definition) is 0. The van der Waals surface area contributed by atoms with E-state index in [0.29, 0.717) is 17.0 Å². The van der Waals surface area contributed by atoms with E-state index in [2.05, 4.69) is 11.2 Å². The largest absolute Gasteiger partial charge is 0.339 e. The van der Waals surface area contributed by atoms with Crippen molar-refractivity contribution in [1.82, 2.24) is 14.3 Å². The Morgan fingerprint density at radius 1 is 1.15 bits per heavy atom. The van der Waals surface area contributed by atoms with Crippen LogP contribution in [0.5, 0.6) is 0 Å². The van der Waals surface area contributed by atoms with E-state index in [9.17, 15) is 4.79 Å². The van der Waals surface area contributed by atoms with Gasteiger partial charge in [0, 0.05) is 12.7 Å². The first-order chi connectivity index (χ1) is 12.4. The van der Waals surface area contributed by atoms with Gasteiger partial charge in [-0.2, -0.15) is 10.4 Å². The van der Waals surface area contributed by atoms with Crippen LogP contribution in [0.3, 0.4) is 0 Å². The maximum atomic E-state index is 12.8. The number of nitrogens with zero attached hydrogens (tertiary/aromatic N) is 4. The Morgan fingerprint density at radius 2 is 1.85 bits per heavy atom. The molecule has 0 N–H and O–H groups in total. The Balaban J connectivity index is 1.94. The lowest BCUT2D eigenvalue weighted by molar-refractivity contribution is 0.104. The zero-order valence-corrected chi connectivity index (χ0v) is 15.3. The van der Waals surface area contributed by atoms with Gasteiger partial charge >= 0.3 is 0 Å². The van der Waals surface area contributed by atoms with Crippen molar-refractivity contribution in [3.05, 3.63) is 76.4 Å². The molecule has 0 aliphatic rings. The lowest BCUT2D eigenvalue weighted by atomic mass is 10.1. The standard InChI is InChI=1S/C21H20N4O/c1-14-21(16(3)25(23-14)18-8-6-5-7-9-18)20(26)11-10-17-12-19(13-22)24(4)15(17)2/h5-12H,1-4H3. The maximum Gasteiger partial charge on any atom is 0.189 e. The predicted molar refractivity (Wildman–Crippen MR) is 101 cm³/mol. The summed E-state index contributed by atoms with van der Waals surface area (Å²) in [7, 11) is 1.84. The first kappa shape index (κ1) is 17.4. The lowest BCUT2D eigenvalue weighted by Gasteiger charge is -2.04. The summed E-state index contributed by atoms with van der Waals surface area (Å²) in [6, 6.07) is 13.7. The molecule has 5 nitrogen and oxygen atoms in total. The number of rotatable bonds is 4. The van der Waals surface area contributed by atoms with Gasteiger partial charge in [0.25, 0.3) is 0 Å². The number of aromatic nitrogens is 3. The molecule has 3 rings (SSSR count). The van der Waals surface area contributed by atoms with Crippen LogP contribution >= 0.6 is 0 Å². The number of ketones is 1. The van der Waals surface area contributed by atoms with Crippen LogP contribution in [0, 0.1) is 32.1 Å². The summed E-state index contributed by atoms with van der Waals surface area (Å²) in [6.07, 6.45) is 3.31. The van der Waals surface area contributed by atoms with E-state index in [4.69, 9.17) is 5.26 Å². The van der Waals surface area contributed by atoms with Crippen LogP contribution in [0.15, 0.2) is 42.5 Å². The van der Waals surface area contributed by atoms with Crippen molar-refractivity contribution < 1.29 is 4.79 Å². The second-order valence-electron chi connectivity index (χ2n) is 6.23. The molecule has 0 bridgehead atoms. The zero-order chi connectivity index (χ0) is 18.8. The molecule has 0 saturated heterocycles. The molecule has 2 heterocycles. The fourth-order valence-corrected chi connectivity index (χ4v) is 3.07. The Labute approximate surface area is 152 Å². The van der Waals surface area contributed by atoms with E-state index in [1.54, 1.807) is 22.9 Å². The fourth-order valence-electron chi connectivity index (χ4n) is 3.07. The molecule has 0 fully saturated rings. The van der Waals surface area contributed by atoms with Crippen LogP contribution in [0.2, 0.25) is 0 Å². The molecule has 0 unspecified atom stereocenters. The second kappa shape index (κ2) is 6.85. The number of nitriles is 1. The minimum Gasteiger partial charge on any atom is -0.339 e. The molecular formula is C21H20N4O. The molecular weight excluding hydrogens is 324 g/mol. The average Bonchev–Trinajstić information content (AvgIpc) is 3.10. The molecule has 5 heteroatoms. The van der Waals surface area contributed by atoms with E-state index >= 15 is 0 Å². The number of benzene rings is 1. The molecule has 0 aliphatic heterocycles. The minimum atomic E-state index is -0.0936. The van der Waals surface area contributed by atoms with Gasteiger partial charge in [0.2, 0.25) is 0 Å². The van der Waals surface area contributed by atoms with E-state index < -0.39 is 0 Å². The van der Waals surface area contributed by atoms with Crippen LogP contribution in [-0.2, 0) is 7.05 Å². The van der Waals surface area contributed by atoms with Crippen molar-refractivity contribution in [3.63, 3.8) is 0 Å². The first-order valence-electron chi connectivity index (χ1n) is 8.34. The van der Waals surface area contributed by atoms with Crippen LogP contribution in [-0.4, -0.2) is 20.1 Å². The monoisotopic (exact) mass is 344 g/mol. The summed E-state index contributed by atoms with van der Waals surface area (Å²) in [6.45, 7) is 5.67. The third-order valence-electron chi connectivity index (χ3n) is 4.64. The fraction of sp³-hybridized carbons (Fsp3) is 0.190. The van der Waals surface area contributed by atoms with Crippen molar-refractivity contribution >= 4 is 11.9 Å². The Morgan fingerprint density at radius 3 is 2.46 bits per heavy atom. The van der Waals surface area contributed by atoms with Crippen LogP contribution < -0.4 is 0 Å². The Hall–Kier alpha value is -3.39. The van der Waals surface area contributed by atoms with Crippen molar-refractivity contribution in [2.45, 2.75) is 20.8 Å². The van der Waals surface area contributed by atoms with Gasteiger partial charge in [-0.15, -0.1) is 0 Å². The number of para-hydroxylation sites is 1. The van der Waals surface area contributed by atoms with Gasteiger partial charge in [-0.1, -0.05) is 18.2 Å². The molecule has 0 amide bonds. The van der Waals surface area contributed by atoms with Gasteiger partial charge in [-0.05, 0) is 56.7 Å². The molecule has 3 aromatic rings. The second-order valence-corrected chi connectivity index (χ2v) is 6.23. The van der Waals surface area contributed by atoms with Gasteiger partial charge in [0.05, 0.1) is 22.6 Å². The van der Waals surface area contributed by atoms with Gasteiger partial charge in [-0.3, -0.25) is 4.79 Å². The van der Waals surface area contributed by atoms with Crippen LogP contribution in [0.4, 0.5) is 0 Å².